The fourth-order valence-corrected chi connectivity index (χ4v) is 4.63. The van der Waals surface area contributed by atoms with E-state index < -0.39 is 0 Å². The minimum absolute atomic E-state index is 0.517. The van der Waals surface area contributed by atoms with E-state index in [2.05, 4.69) is 34.7 Å². The van der Waals surface area contributed by atoms with Crippen molar-refractivity contribution in [2.75, 3.05) is 48.4 Å². The van der Waals surface area contributed by atoms with Crippen molar-refractivity contribution < 1.29 is 4.74 Å². The van der Waals surface area contributed by atoms with Crippen LogP contribution in [0.1, 0.15) is 36.6 Å². The van der Waals surface area contributed by atoms with E-state index in [1.807, 2.05) is 31.2 Å². The summed E-state index contributed by atoms with van der Waals surface area (Å²) in [4.78, 5) is 24.3. The Balaban J connectivity index is 1.52. The third-order valence-corrected chi connectivity index (χ3v) is 6.32. The molecular weight excluding hydrogens is 426 g/mol. The van der Waals surface area contributed by atoms with Gasteiger partial charge >= 0.3 is 0 Å². The van der Waals surface area contributed by atoms with Crippen molar-refractivity contribution in [3.63, 3.8) is 0 Å². The lowest BCUT2D eigenvalue weighted by atomic mass is 10.0. The number of nitrogens with two attached hydrogens (primary N) is 1. The number of nitrogen functional groups attached to an aromatic ring is 1. The number of morpholine rings is 1. The molecule has 0 amide bonds. The minimum atomic E-state index is 0.517. The summed E-state index contributed by atoms with van der Waals surface area (Å²) >= 11 is 0. The van der Waals surface area contributed by atoms with E-state index in [1.165, 1.54) is 5.56 Å². The highest BCUT2D eigenvalue weighted by Gasteiger charge is 2.27. The van der Waals surface area contributed by atoms with Gasteiger partial charge in [-0.2, -0.15) is 0 Å². The molecule has 2 N–H and O–H groups in total. The van der Waals surface area contributed by atoms with Gasteiger partial charge < -0.3 is 20.3 Å². The molecule has 4 heterocycles. The van der Waals surface area contributed by atoms with E-state index in [4.69, 9.17) is 25.4 Å². The van der Waals surface area contributed by atoms with E-state index in [0.29, 0.717) is 12.5 Å². The van der Waals surface area contributed by atoms with Crippen LogP contribution < -0.4 is 15.5 Å². The Morgan fingerprint density at radius 3 is 2.47 bits per heavy atom. The molecule has 2 aliphatic rings. The van der Waals surface area contributed by atoms with Crippen molar-refractivity contribution in [2.45, 2.75) is 40.2 Å². The normalized spacial score (nSPS) is 16.1. The first-order valence-corrected chi connectivity index (χ1v) is 12.1. The summed E-state index contributed by atoms with van der Waals surface area (Å²) in [6, 6.07) is 9.87. The topological polar surface area (TPSA) is 93.3 Å². The molecule has 0 unspecified atom stereocenters. The van der Waals surface area contributed by atoms with Gasteiger partial charge in [-0.05, 0) is 43.5 Å². The van der Waals surface area contributed by atoms with E-state index >= 15 is 0 Å². The molecule has 34 heavy (non-hydrogen) atoms. The number of fused-ring (bicyclic) bond motifs is 1. The molecule has 0 radical (unpaired) electrons. The van der Waals surface area contributed by atoms with Gasteiger partial charge in [0.05, 0.1) is 25.5 Å². The smallest absolute Gasteiger partial charge is 0.161 e. The van der Waals surface area contributed by atoms with Gasteiger partial charge in [-0.3, -0.25) is 0 Å². The lowest BCUT2D eigenvalue weighted by Crippen LogP contribution is -2.39. The van der Waals surface area contributed by atoms with Crippen LogP contribution in [0.5, 0.6) is 0 Å². The van der Waals surface area contributed by atoms with Gasteiger partial charge in [-0.25, -0.2) is 19.9 Å². The van der Waals surface area contributed by atoms with Crippen molar-refractivity contribution in [2.24, 2.45) is 5.92 Å². The number of benzene rings is 1. The van der Waals surface area contributed by atoms with Gasteiger partial charge in [0.2, 0.25) is 0 Å². The van der Waals surface area contributed by atoms with Crippen LogP contribution >= 0.6 is 0 Å². The molecule has 0 spiro atoms. The predicted octanol–water partition coefficient (Wildman–Crippen LogP) is 3.42. The van der Waals surface area contributed by atoms with Crippen LogP contribution in [0.3, 0.4) is 0 Å². The summed E-state index contributed by atoms with van der Waals surface area (Å²) < 4.78 is 5.60. The Morgan fingerprint density at radius 2 is 1.74 bits per heavy atom. The third-order valence-electron chi connectivity index (χ3n) is 6.32. The Hall–Kier alpha value is -3.26. The summed E-state index contributed by atoms with van der Waals surface area (Å²) in [5.74, 6) is 4.19. The van der Waals surface area contributed by atoms with Gasteiger partial charge in [0.15, 0.2) is 5.82 Å². The number of anilines is 3. The number of ether oxygens (including phenoxy) is 1. The van der Waals surface area contributed by atoms with Gasteiger partial charge in [0.1, 0.15) is 17.5 Å². The van der Waals surface area contributed by atoms with E-state index in [1.54, 1.807) is 0 Å². The van der Waals surface area contributed by atoms with Crippen molar-refractivity contribution in [3.8, 4) is 11.4 Å². The second-order valence-electron chi connectivity index (χ2n) is 9.57. The van der Waals surface area contributed by atoms with Gasteiger partial charge in [0.25, 0.3) is 0 Å². The highest BCUT2D eigenvalue weighted by molar-refractivity contribution is 5.64. The Morgan fingerprint density at radius 1 is 0.971 bits per heavy atom. The lowest BCUT2D eigenvalue weighted by molar-refractivity contribution is 0.122. The molecule has 1 aromatic carbocycles. The molecular formula is C26H33N7O. The fraction of sp³-hybridized carbons (Fsp3) is 0.462. The Labute approximate surface area is 201 Å². The van der Waals surface area contributed by atoms with Gasteiger partial charge in [0, 0.05) is 54.6 Å². The first-order chi connectivity index (χ1) is 16.5. The summed E-state index contributed by atoms with van der Waals surface area (Å²) in [7, 11) is 0. The largest absolute Gasteiger partial charge is 0.399 e. The van der Waals surface area contributed by atoms with Crippen molar-refractivity contribution in [1.29, 1.82) is 0 Å². The molecule has 2 aromatic heterocycles. The molecule has 178 valence electrons. The Kier molecular flexibility index (Phi) is 6.32. The van der Waals surface area contributed by atoms with Crippen LogP contribution in [0.25, 0.3) is 11.4 Å². The van der Waals surface area contributed by atoms with Crippen molar-refractivity contribution >= 4 is 17.3 Å². The molecule has 0 aliphatic carbocycles. The molecule has 0 saturated carbocycles. The second-order valence-corrected chi connectivity index (χ2v) is 9.57. The molecule has 8 nitrogen and oxygen atoms in total. The maximum absolute atomic E-state index is 5.92. The third kappa shape index (κ3) is 4.82. The SMILES string of the molecule is Cc1cc(N2CCc3c(nc(-c4ccc(N)cc4)nc3N3CCOCC3)C2)nc(CC(C)C)n1. The first-order valence-electron chi connectivity index (χ1n) is 12.1. The molecule has 2 aliphatic heterocycles. The lowest BCUT2D eigenvalue weighted by Gasteiger charge is -2.34. The fourth-order valence-electron chi connectivity index (χ4n) is 4.63. The monoisotopic (exact) mass is 459 g/mol. The maximum atomic E-state index is 5.92. The average molecular weight is 460 g/mol. The Bertz CT molecular complexity index is 1160. The van der Waals surface area contributed by atoms with Crippen molar-refractivity contribution in [3.05, 3.63) is 53.1 Å². The van der Waals surface area contributed by atoms with Crippen LogP contribution in [-0.2, 0) is 24.1 Å². The van der Waals surface area contributed by atoms with Gasteiger partial charge in [-0.15, -0.1) is 0 Å². The summed E-state index contributed by atoms with van der Waals surface area (Å²) in [5, 5.41) is 0. The average Bonchev–Trinajstić information content (AvgIpc) is 2.83. The molecule has 1 saturated heterocycles. The number of aryl methyl sites for hydroxylation is 1. The molecule has 5 rings (SSSR count). The van der Waals surface area contributed by atoms with Crippen LogP contribution in [0, 0.1) is 12.8 Å². The molecule has 3 aromatic rings. The summed E-state index contributed by atoms with van der Waals surface area (Å²) in [6.07, 6.45) is 1.76. The summed E-state index contributed by atoms with van der Waals surface area (Å²) in [6.45, 7) is 11.2. The highest BCUT2D eigenvalue weighted by Crippen LogP contribution is 2.32. The molecule has 8 heteroatoms. The van der Waals surface area contributed by atoms with E-state index in [-0.39, 0.29) is 0 Å². The van der Waals surface area contributed by atoms with Crippen LogP contribution in [0.15, 0.2) is 30.3 Å². The predicted molar refractivity (Wildman–Crippen MR) is 135 cm³/mol. The second kappa shape index (κ2) is 9.54. The maximum Gasteiger partial charge on any atom is 0.161 e. The van der Waals surface area contributed by atoms with E-state index in [0.717, 1.165) is 91.6 Å². The number of rotatable bonds is 5. The first kappa shape index (κ1) is 22.5. The highest BCUT2D eigenvalue weighted by atomic mass is 16.5. The number of hydrogen-bond donors (Lipinski definition) is 1. The number of nitrogens with zero attached hydrogens (tertiary/aromatic N) is 6. The van der Waals surface area contributed by atoms with Crippen LogP contribution in [-0.4, -0.2) is 52.8 Å². The molecule has 0 atom stereocenters. The quantitative estimate of drug-likeness (QED) is 0.580. The standard InChI is InChI=1S/C26H33N7O/c1-17(2)14-23-28-18(3)15-24(30-23)33-9-8-21-22(16-33)29-25(19-4-6-20(27)7-5-19)31-26(21)32-10-12-34-13-11-32/h4-7,15,17H,8-14,16,27H2,1-3H3. The van der Waals surface area contributed by atoms with Crippen molar-refractivity contribution in [1.82, 2.24) is 19.9 Å². The summed E-state index contributed by atoms with van der Waals surface area (Å²) in [5.41, 5.74) is 10.9. The van der Waals surface area contributed by atoms with E-state index in [9.17, 15) is 0 Å². The van der Waals surface area contributed by atoms with Gasteiger partial charge in [-0.1, -0.05) is 13.8 Å². The zero-order valence-corrected chi connectivity index (χ0v) is 20.3. The number of hydrogen-bond acceptors (Lipinski definition) is 8. The number of aromatic nitrogens is 4. The van der Waals surface area contributed by atoms with Crippen LogP contribution in [0.4, 0.5) is 17.3 Å². The molecule has 0 bridgehead atoms. The molecule has 1 fully saturated rings. The zero-order chi connectivity index (χ0) is 23.7. The zero-order valence-electron chi connectivity index (χ0n) is 20.3. The van der Waals surface area contributed by atoms with Crippen LogP contribution in [0.2, 0.25) is 0 Å². The minimum Gasteiger partial charge on any atom is -0.399 e.